The van der Waals surface area contributed by atoms with Crippen LogP contribution in [0.5, 0.6) is 0 Å². The van der Waals surface area contributed by atoms with Crippen LogP contribution in [0.4, 0.5) is 10.1 Å². The van der Waals surface area contributed by atoms with Crippen molar-refractivity contribution in [1.29, 1.82) is 0 Å². The van der Waals surface area contributed by atoms with Gasteiger partial charge in [0.05, 0.1) is 0 Å². The van der Waals surface area contributed by atoms with Crippen LogP contribution in [0.15, 0.2) is 97.3 Å². The van der Waals surface area contributed by atoms with Crippen LogP contribution >= 0.6 is 0 Å². The predicted octanol–water partition coefficient (Wildman–Crippen LogP) is 6.36. The molecule has 1 N–H and O–H groups in total. The molecule has 1 aromatic heterocycles. The average molecular weight is 410 g/mol. The van der Waals surface area contributed by atoms with Crippen LogP contribution in [0, 0.1) is 12.7 Å². The first-order chi connectivity index (χ1) is 15.1. The Morgan fingerprint density at radius 1 is 0.903 bits per heavy atom. The average Bonchev–Trinajstić information content (AvgIpc) is 2.79. The Kier molecular flexibility index (Phi) is 6.18. The van der Waals surface area contributed by atoms with Crippen molar-refractivity contribution in [2.75, 3.05) is 5.32 Å². The Labute approximate surface area is 181 Å². The van der Waals surface area contributed by atoms with Gasteiger partial charge in [0.25, 0.3) is 0 Å². The number of benzene rings is 3. The summed E-state index contributed by atoms with van der Waals surface area (Å²) >= 11 is 0. The van der Waals surface area contributed by atoms with E-state index in [1.54, 1.807) is 30.6 Å². The minimum absolute atomic E-state index is 0.0778. The minimum atomic E-state index is -0.380. The van der Waals surface area contributed by atoms with Gasteiger partial charge in [0.1, 0.15) is 5.82 Å². The van der Waals surface area contributed by atoms with Gasteiger partial charge in [-0.05, 0) is 53.4 Å². The number of nitrogens with zero attached hydrogens (tertiary/aromatic N) is 1. The number of aryl methyl sites for hydroxylation is 1. The van der Waals surface area contributed by atoms with Gasteiger partial charge in [0, 0.05) is 36.0 Å². The molecule has 0 radical (unpaired) electrons. The Balaban J connectivity index is 1.53. The summed E-state index contributed by atoms with van der Waals surface area (Å²) < 4.78 is 14.8. The van der Waals surface area contributed by atoms with Crippen molar-refractivity contribution in [3.63, 3.8) is 0 Å². The molecule has 0 spiro atoms. The number of amides is 1. The minimum Gasteiger partial charge on any atom is -0.326 e. The van der Waals surface area contributed by atoms with E-state index in [4.69, 9.17) is 0 Å². The number of hydrogen-bond acceptors (Lipinski definition) is 2. The molecule has 0 aliphatic heterocycles. The van der Waals surface area contributed by atoms with Crippen LogP contribution in [-0.4, -0.2) is 10.9 Å². The Hall–Kier alpha value is -3.79. The molecule has 0 bridgehead atoms. The van der Waals surface area contributed by atoms with Crippen molar-refractivity contribution < 1.29 is 9.18 Å². The highest BCUT2D eigenvalue weighted by Gasteiger charge is 2.18. The second-order valence-corrected chi connectivity index (χ2v) is 7.51. The number of aromatic nitrogens is 1. The summed E-state index contributed by atoms with van der Waals surface area (Å²) in [4.78, 5) is 16.9. The zero-order valence-electron chi connectivity index (χ0n) is 17.3. The first-order valence-corrected chi connectivity index (χ1v) is 10.2. The molecule has 0 aliphatic rings. The van der Waals surface area contributed by atoms with E-state index < -0.39 is 0 Å². The predicted molar refractivity (Wildman–Crippen MR) is 122 cm³/mol. The van der Waals surface area contributed by atoms with Crippen molar-refractivity contribution in [3.8, 4) is 11.1 Å². The maximum atomic E-state index is 14.8. The fourth-order valence-corrected chi connectivity index (χ4v) is 3.78. The molecule has 3 nitrogen and oxygen atoms in total. The number of halogens is 1. The van der Waals surface area contributed by atoms with E-state index in [1.165, 1.54) is 6.07 Å². The highest BCUT2D eigenvalue weighted by Crippen LogP contribution is 2.30. The normalized spacial score (nSPS) is 10.8. The highest BCUT2D eigenvalue weighted by molar-refractivity contribution is 5.92. The number of carbonyl (C=O) groups is 1. The van der Waals surface area contributed by atoms with Crippen molar-refractivity contribution in [3.05, 3.63) is 120 Å². The van der Waals surface area contributed by atoms with Crippen LogP contribution in [0.1, 0.15) is 29.0 Å². The quantitative estimate of drug-likeness (QED) is 0.402. The topological polar surface area (TPSA) is 42.0 Å². The molecule has 31 heavy (non-hydrogen) atoms. The van der Waals surface area contributed by atoms with E-state index in [9.17, 15) is 9.18 Å². The third-order valence-corrected chi connectivity index (χ3v) is 5.36. The van der Waals surface area contributed by atoms with Crippen LogP contribution in [-0.2, 0) is 4.79 Å². The number of carbonyl (C=O) groups excluding carboxylic acids is 1. The third kappa shape index (κ3) is 4.86. The van der Waals surface area contributed by atoms with Gasteiger partial charge in [0.2, 0.25) is 5.91 Å². The standard InChI is InChI=1S/C27H23FN2O/c1-19-18-29-15-14-23(19)24-13-12-22(16-26(24)28)30-27(31)17-25(20-8-4-2-5-9-20)21-10-6-3-7-11-21/h2-16,18,25H,17H2,1H3,(H,30,31). The molecule has 1 heterocycles. The van der Waals surface area contributed by atoms with Crippen LogP contribution in [0.25, 0.3) is 11.1 Å². The van der Waals surface area contributed by atoms with E-state index in [2.05, 4.69) is 10.3 Å². The van der Waals surface area contributed by atoms with E-state index in [0.717, 1.165) is 22.3 Å². The SMILES string of the molecule is Cc1cnccc1-c1ccc(NC(=O)CC(c2ccccc2)c2ccccc2)cc1F. The molecule has 0 saturated carbocycles. The first-order valence-electron chi connectivity index (χ1n) is 10.2. The summed E-state index contributed by atoms with van der Waals surface area (Å²) in [5, 5.41) is 2.85. The summed E-state index contributed by atoms with van der Waals surface area (Å²) in [5.74, 6) is -0.620. The van der Waals surface area contributed by atoms with Crippen molar-refractivity contribution in [2.24, 2.45) is 0 Å². The van der Waals surface area contributed by atoms with Gasteiger partial charge >= 0.3 is 0 Å². The maximum Gasteiger partial charge on any atom is 0.225 e. The number of nitrogens with one attached hydrogen (secondary N) is 1. The molecule has 0 aliphatic carbocycles. The monoisotopic (exact) mass is 410 g/mol. The van der Waals surface area contributed by atoms with Gasteiger partial charge < -0.3 is 5.32 Å². The molecule has 0 unspecified atom stereocenters. The van der Waals surface area contributed by atoms with E-state index in [0.29, 0.717) is 11.3 Å². The van der Waals surface area contributed by atoms with Gasteiger partial charge in [-0.25, -0.2) is 4.39 Å². The molecule has 0 fully saturated rings. The molecule has 0 saturated heterocycles. The molecule has 154 valence electrons. The van der Waals surface area contributed by atoms with Gasteiger partial charge in [-0.2, -0.15) is 0 Å². The number of pyridine rings is 1. The molecule has 4 rings (SSSR count). The molecule has 0 atom stereocenters. The molecule has 4 aromatic rings. The maximum absolute atomic E-state index is 14.8. The van der Waals surface area contributed by atoms with Crippen molar-refractivity contribution >= 4 is 11.6 Å². The van der Waals surface area contributed by atoms with Crippen LogP contribution in [0.3, 0.4) is 0 Å². The zero-order chi connectivity index (χ0) is 21.6. The Bertz CT molecular complexity index is 1140. The van der Waals surface area contributed by atoms with E-state index >= 15 is 0 Å². The van der Waals surface area contributed by atoms with Crippen molar-refractivity contribution in [1.82, 2.24) is 4.98 Å². The second kappa shape index (κ2) is 9.35. The third-order valence-electron chi connectivity index (χ3n) is 5.36. The van der Waals surface area contributed by atoms with Gasteiger partial charge in [-0.1, -0.05) is 60.7 Å². The summed E-state index contributed by atoms with van der Waals surface area (Å²) in [5.41, 5.74) is 4.75. The molecular weight excluding hydrogens is 387 g/mol. The van der Waals surface area contributed by atoms with Gasteiger partial charge in [-0.15, -0.1) is 0 Å². The summed E-state index contributed by atoms with van der Waals surface area (Å²) in [6, 6.07) is 26.5. The lowest BCUT2D eigenvalue weighted by molar-refractivity contribution is -0.116. The Morgan fingerprint density at radius 2 is 1.55 bits per heavy atom. The number of hydrogen-bond donors (Lipinski definition) is 1. The first kappa shape index (κ1) is 20.5. The smallest absolute Gasteiger partial charge is 0.225 e. The number of rotatable bonds is 6. The summed E-state index contributed by atoms with van der Waals surface area (Å²) in [6.45, 7) is 1.89. The molecular formula is C27H23FN2O. The lowest BCUT2D eigenvalue weighted by Crippen LogP contribution is -2.16. The van der Waals surface area contributed by atoms with Crippen LogP contribution < -0.4 is 5.32 Å². The highest BCUT2D eigenvalue weighted by atomic mass is 19.1. The Morgan fingerprint density at radius 3 is 2.13 bits per heavy atom. The lowest BCUT2D eigenvalue weighted by atomic mass is 9.88. The molecule has 1 amide bonds. The zero-order valence-corrected chi connectivity index (χ0v) is 17.3. The fourth-order valence-electron chi connectivity index (χ4n) is 3.78. The summed E-state index contributed by atoms with van der Waals surface area (Å²) in [6.07, 6.45) is 3.61. The second-order valence-electron chi connectivity index (χ2n) is 7.51. The number of anilines is 1. The van der Waals surface area contributed by atoms with Gasteiger partial charge in [0.15, 0.2) is 0 Å². The molecule has 3 aromatic carbocycles. The lowest BCUT2D eigenvalue weighted by Gasteiger charge is -2.18. The van der Waals surface area contributed by atoms with E-state index in [-0.39, 0.29) is 24.1 Å². The summed E-state index contributed by atoms with van der Waals surface area (Å²) in [7, 11) is 0. The molecule has 4 heteroatoms. The van der Waals surface area contributed by atoms with Crippen molar-refractivity contribution in [2.45, 2.75) is 19.3 Å². The van der Waals surface area contributed by atoms with Crippen LogP contribution in [0.2, 0.25) is 0 Å². The van der Waals surface area contributed by atoms with Gasteiger partial charge in [-0.3, -0.25) is 9.78 Å². The largest absolute Gasteiger partial charge is 0.326 e. The van der Waals surface area contributed by atoms with E-state index in [1.807, 2.05) is 67.6 Å². The fraction of sp³-hybridized carbons (Fsp3) is 0.111.